The number of allylic oxidation sites excluding steroid dienone is 2. The molecule has 6 heteroatoms. The van der Waals surface area contributed by atoms with Gasteiger partial charge in [0.25, 0.3) is 0 Å². The Labute approximate surface area is 297 Å². The summed E-state index contributed by atoms with van der Waals surface area (Å²) in [6.07, 6.45) is 43.3. The fraction of sp³-hybridized carbons (Fsp3) is 0.881. The smallest absolute Gasteiger partial charge is 0.322 e. The molecule has 0 aromatic rings. The van der Waals surface area contributed by atoms with Gasteiger partial charge in [-0.2, -0.15) is 0 Å². The van der Waals surface area contributed by atoms with Gasteiger partial charge in [-0.05, 0) is 64.2 Å². The number of ether oxygens (including phenoxy) is 1. The Balaban J connectivity index is 4.14. The number of carboxylic acids is 1. The fourth-order valence-corrected chi connectivity index (χ4v) is 6.33. The van der Waals surface area contributed by atoms with Crippen LogP contribution in [0.25, 0.3) is 0 Å². The van der Waals surface area contributed by atoms with E-state index in [9.17, 15) is 14.4 Å². The lowest BCUT2D eigenvalue weighted by Gasteiger charge is -2.18. The third kappa shape index (κ3) is 37.0. The number of hydrogen-bond acceptors (Lipinski definition) is 4. The van der Waals surface area contributed by atoms with Crippen molar-refractivity contribution in [2.45, 2.75) is 232 Å². The summed E-state index contributed by atoms with van der Waals surface area (Å²) >= 11 is 0. The van der Waals surface area contributed by atoms with E-state index in [0.29, 0.717) is 12.8 Å². The molecule has 282 valence electrons. The van der Waals surface area contributed by atoms with Crippen molar-refractivity contribution in [3.05, 3.63) is 12.2 Å². The first-order chi connectivity index (χ1) is 23.5. The van der Waals surface area contributed by atoms with Crippen LogP contribution in [0, 0.1) is 0 Å². The topological polar surface area (TPSA) is 92.7 Å². The predicted octanol–water partition coefficient (Wildman–Crippen LogP) is 12.6. The van der Waals surface area contributed by atoms with E-state index in [1.54, 1.807) is 0 Å². The molecule has 0 aliphatic heterocycles. The fourth-order valence-electron chi connectivity index (χ4n) is 6.33. The molecule has 0 spiro atoms. The van der Waals surface area contributed by atoms with Crippen LogP contribution in [0.4, 0.5) is 0 Å². The molecule has 0 radical (unpaired) electrons. The Morgan fingerprint density at radius 1 is 0.521 bits per heavy atom. The Kier molecular flexibility index (Phi) is 36.5. The first-order valence-corrected chi connectivity index (χ1v) is 20.8. The summed E-state index contributed by atoms with van der Waals surface area (Å²) in [4.78, 5) is 35.0. The highest BCUT2D eigenvalue weighted by Crippen LogP contribution is 2.19. The van der Waals surface area contributed by atoms with E-state index in [1.807, 2.05) is 0 Å². The lowest BCUT2D eigenvalue weighted by Crippen LogP contribution is -2.28. The first kappa shape index (κ1) is 46.1. The summed E-state index contributed by atoms with van der Waals surface area (Å²) in [6, 6.07) is 0. The predicted molar refractivity (Wildman–Crippen MR) is 203 cm³/mol. The second-order valence-electron chi connectivity index (χ2n) is 14.2. The third-order valence-corrected chi connectivity index (χ3v) is 9.44. The van der Waals surface area contributed by atoms with E-state index in [0.717, 1.165) is 64.2 Å². The van der Waals surface area contributed by atoms with Gasteiger partial charge in [0.05, 0.1) is 0 Å². The molecule has 48 heavy (non-hydrogen) atoms. The van der Waals surface area contributed by atoms with Crippen LogP contribution in [0.2, 0.25) is 0 Å². The second kappa shape index (κ2) is 38.0. The molecule has 0 rings (SSSR count). The van der Waals surface area contributed by atoms with Crippen LogP contribution in [0.3, 0.4) is 0 Å². The summed E-state index contributed by atoms with van der Waals surface area (Å²) < 4.78 is 6.02. The van der Waals surface area contributed by atoms with Crippen molar-refractivity contribution in [3.63, 3.8) is 0 Å². The van der Waals surface area contributed by atoms with Crippen molar-refractivity contribution in [3.8, 4) is 0 Å². The molecular formula is C42H79NO5. The number of hydrogen-bond donors (Lipinski definition) is 2. The standard InChI is InChI=1S/C42H79NO5/c1-3-5-7-9-11-13-15-16-17-18-20-22-24-29-33-37-42(47)48-39(34-30-26-23-21-19-14-12-10-8-6-4-2)35-31-27-25-28-32-36-40(44)43-38-41(45)46/h16-17,39H,3-15,18-38H2,1-2H3,(H,43,44)(H,45,46)/b17-16-. The monoisotopic (exact) mass is 678 g/mol. The highest BCUT2D eigenvalue weighted by atomic mass is 16.5. The molecule has 0 saturated carbocycles. The number of aliphatic carboxylic acids is 1. The number of carbonyl (C=O) groups excluding carboxylic acids is 2. The maximum atomic E-state index is 12.7. The molecule has 1 atom stereocenters. The zero-order valence-electron chi connectivity index (χ0n) is 31.9. The molecular weight excluding hydrogens is 598 g/mol. The van der Waals surface area contributed by atoms with Gasteiger partial charge >= 0.3 is 11.9 Å². The minimum absolute atomic E-state index is 0.0203. The number of carbonyl (C=O) groups is 3. The Hall–Kier alpha value is -1.85. The number of carboxylic acid groups (broad SMARTS) is 1. The van der Waals surface area contributed by atoms with Crippen molar-refractivity contribution < 1.29 is 24.2 Å². The van der Waals surface area contributed by atoms with Crippen LogP contribution in [0.15, 0.2) is 12.2 Å². The molecule has 0 heterocycles. The van der Waals surface area contributed by atoms with Crippen LogP contribution in [0.1, 0.15) is 226 Å². The largest absolute Gasteiger partial charge is 0.480 e. The van der Waals surface area contributed by atoms with Gasteiger partial charge in [-0.15, -0.1) is 0 Å². The van der Waals surface area contributed by atoms with Crippen molar-refractivity contribution >= 4 is 17.8 Å². The average Bonchev–Trinajstić information content (AvgIpc) is 3.07. The van der Waals surface area contributed by atoms with Gasteiger partial charge in [0.2, 0.25) is 5.91 Å². The minimum Gasteiger partial charge on any atom is -0.480 e. The second-order valence-corrected chi connectivity index (χ2v) is 14.2. The molecule has 1 amide bonds. The number of unbranched alkanes of at least 4 members (excludes halogenated alkanes) is 25. The molecule has 0 aliphatic carbocycles. The molecule has 0 aliphatic rings. The molecule has 0 fully saturated rings. The van der Waals surface area contributed by atoms with E-state index in [-0.39, 0.29) is 24.5 Å². The van der Waals surface area contributed by atoms with Gasteiger partial charge in [0, 0.05) is 12.8 Å². The quantitative estimate of drug-likeness (QED) is 0.0385. The molecule has 6 nitrogen and oxygen atoms in total. The maximum Gasteiger partial charge on any atom is 0.322 e. The van der Waals surface area contributed by atoms with Crippen molar-refractivity contribution in [1.82, 2.24) is 5.32 Å². The molecule has 0 aromatic carbocycles. The zero-order valence-corrected chi connectivity index (χ0v) is 31.9. The SMILES string of the molecule is CCCCCCCC/C=C\CCCCCCCC(=O)OC(CCCCCCCCCCCCC)CCCCCCCC(=O)NCC(=O)O. The van der Waals surface area contributed by atoms with E-state index < -0.39 is 5.97 Å². The first-order valence-electron chi connectivity index (χ1n) is 20.8. The Morgan fingerprint density at radius 3 is 1.33 bits per heavy atom. The van der Waals surface area contributed by atoms with Gasteiger partial charge in [0.1, 0.15) is 12.6 Å². The van der Waals surface area contributed by atoms with Crippen molar-refractivity contribution in [2.24, 2.45) is 0 Å². The summed E-state index contributed by atoms with van der Waals surface area (Å²) in [5.41, 5.74) is 0. The summed E-state index contributed by atoms with van der Waals surface area (Å²) in [5.74, 6) is -1.23. The van der Waals surface area contributed by atoms with Gasteiger partial charge < -0.3 is 15.2 Å². The molecule has 0 aromatic heterocycles. The highest BCUT2D eigenvalue weighted by molar-refractivity contribution is 5.80. The molecule has 0 saturated heterocycles. The highest BCUT2D eigenvalue weighted by Gasteiger charge is 2.14. The molecule has 1 unspecified atom stereocenters. The average molecular weight is 678 g/mol. The van der Waals surface area contributed by atoms with E-state index in [4.69, 9.17) is 9.84 Å². The van der Waals surface area contributed by atoms with Gasteiger partial charge in [-0.1, -0.05) is 161 Å². The Bertz CT molecular complexity index is 752. The number of rotatable bonds is 38. The van der Waals surface area contributed by atoms with Gasteiger partial charge in [0.15, 0.2) is 0 Å². The molecule has 0 bridgehead atoms. The van der Waals surface area contributed by atoms with E-state index in [1.165, 1.54) is 135 Å². The van der Waals surface area contributed by atoms with Gasteiger partial charge in [-0.25, -0.2) is 0 Å². The van der Waals surface area contributed by atoms with E-state index in [2.05, 4.69) is 31.3 Å². The summed E-state index contributed by atoms with van der Waals surface area (Å²) in [5, 5.41) is 11.1. The van der Waals surface area contributed by atoms with Crippen LogP contribution < -0.4 is 5.32 Å². The number of esters is 1. The van der Waals surface area contributed by atoms with Gasteiger partial charge in [-0.3, -0.25) is 14.4 Å². The lowest BCUT2D eigenvalue weighted by molar-refractivity contribution is -0.150. The van der Waals surface area contributed by atoms with Crippen molar-refractivity contribution in [1.29, 1.82) is 0 Å². The van der Waals surface area contributed by atoms with E-state index >= 15 is 0 Å². The number of nitrogens with one attached hydrogen (secondary N) is 1. The Morgan fingerprint density at radius 2 is 0.896 bits per heavy atom. The third-order valence-electron chi connectivity index (χ3n) is 9.44. The summed E-state index contributed by atoms with van der Waals surface area (Å²) in [6.45, 7) is 4.23. The lowest BCUT2D eigenvalue weighted by atomic mass is 10.0. The summed E-state index contributed by atoms with van der Waals surface area (Å²) in [7, 11) is 0. The normalized spacial score (nSPS) is 12.0. The minimum atomic E-state index is -1.01. The molecule has 2 N–H and O–H groups in total. The number of amides is 1. The van der Waals surface area contributed by atoms with Crippen LogP contribution >= 0.6 is 0 Å². The van der Waals surface area contributed by atoms with Crippen molar-refractivity contribution in [2.75, 3.05) is 6.54 Å². The maximum absolute atomic E-state index is 12.7. The zero-order chi connectivity index (χ0) is 35.2. The van der Waals surface area contributed by atoms with Crippen LogP contribution in [-0.2, 0) is 19.1 Å². The van der Waals surface area contributed by atoms with Crippen LogP contribution in [0.5, 0.6) is 0 Å². The van der Waals surface area contributed by atoms with Crippen LogP contribution in [-0.4, -0.2) is 35.6 Å².